The number of esters is 1. The first-order valence-electron chi connectivity index (χ1n) is 9.92. The van der Waals surface area contributed by atoms with Crippen molar-refractivity contribution in [1.82, 2.24) is 4.90 Å². The molecule has 2 unspecified atom stereocenters. The normalized spacial score (nSPS) is 20.0. The van der Waals surface area contributed by atoms with E-state index < -0.39 is 17.4 Å². The van der Waals surface area contributed by atoms with E-state index in [1.54, 1.807) is 31.4 Å². The Bertz CT molecular complexity index is 1060. The fourth-order valence-electron chi connectivity index (χ4n) is 3.34. The van der Waals surface area contributed by atoms with Gasteiger partial charge in [0.2, 0.25) is 0 Å². The lowest BCUT2D eigenvalue weighted by molar-refractivity contribution is -0.151. The van der Waals surface area contributed by atoms with Crippen molar-refractivity contribution in [3.8, 4) is 11.5 Å². The minimum atomic E-state index is -0.776. The number of carbonyl (C=O) groups is 2. The van der Waals surface area contributed by atoms with E-state index in [9.17, 15) is 14.7 Å². The molecule has 2 aromatic rings. The first kappa shape index (κ1) is 21.8. The number of ether oxygens (including phenoxy) is 3. The summed E-state index contributed by atoms with van der Waals surface area (Å²) >= 11 is 1.34. The number of rotatable bonds is 8. The van der Waals surface area contributed by atoms with Gasteiger partial charge in [0.1, 0.15) is 40.9 Å². The van der Waals surface area contributed by atoms with Gasteiger partial charge in [-0.15, -0.1) is 0 Å². The van der Waals surface area contributed by atoms with E-state index in [1.165, 1.54) is 23.6 Å². The molecule has 4 rings (SSSR count). The van der Waals surface area contributed by atoms with Crippen LogP contribution in [0.3, 0.4) is 0 Å². The molecule has 166 valence electrons. The van der Waals surface area contributed by atoms with Crippen molar-refractivity contribution in [3.63, 3.8) is 0 Å². The lowest BCUT2D eigenvalue weighted by Gasteiger charge is -2.41. The van der Waals surface area contributed by atoms with Gasteiger partial charge in [0.05, 0.1) is 7.11 Å². The summed E-state index contributed by atoms with van der Waals surface area (Å²) in [6.07, 6.45) is 0. The molecule has 0 saturated carbocycles. The Hall–Kier alpha value is -3.46. The van der Waals surface area contributed by atoms with E-state index in [2.05, 4.69) is 4.99 Å². The van der Waals surface area contributed by atoms with Gasteiger partial charge in [0.15, 0.2) is 11.7 Å². The third-order valence-electron chi connectivity index (χ3n) is 4.97. The Morgan fingerprint density at radius 3 is 2.47 bits per heavy atom. The smallest absolute Gasteiger partial charge is 0.358 e. The van der Waals surface area contributed by atoms with Gasteiger partial charge in [0.25, 0.3) is 5.91 Å². The number of amides is 1. The summed E-state index contributed by atoms with van der Waals surface area (Å²) in [4.78, 5) is 31.0. The monoisotopic (exact) mass is 454 g/mol. The second kappa shape index (κ2) is 9.35. The van der Waals surface area contributed by atoms with Crippen LogP contribution in [0.4, 0.5) is 0 Å². The minimum Gasteiger partial charge on any atom is -0.510 e. The van der Waals surface area contributed by atoms with Crippen molar-refractivity contribution in [2.75, 3.05) is 13.7 Å². The van der Waals surface area contributed by atoms with Gasteiger partial charge < -0.3 is 19.3 Å². The second-order valence-corrected chi connectivity index (χ2v) is 8.33. The highest BCUT2D eigenvalue weighted by atomic mass is 32.2. The van der Waals surface area contributed by atoms with Crippen molar-refractivity contribution < 1.29 is 28.9 Å². The van der Waals surface area contributed by atoms with Crippen LogP contribution in [0, 0.1) is 0 Å². The first-order valence-corrected chi connectivity index (χ1v) is 10.8. The molecule has 1 N–H and O–H groups in total. The molecule has 2 aliphatic heterocycles. The molecule has 1 saturated heterocycles. The summed E-state index contributed by atoms with van der Waals surface area (Å²) in [6.45, 7) is 1.57. The van der Waals surface area contributed by atoms with Crippen LogP contribution in [0.1, 0.15) is 12.5 Å². The number of hydrogen-bond donors (Lipinski definition) is 1. The topological polar surface area (TPSA) is 97.7 Å². The van der Waals surface area contributed by atoms with Crippen LogP contribution in [0.25, 0.3) is 0 Å². The molecule has 0 aliphatic carbocycles. The number of nitrogens with zero attached hydrogens (tertiary/aromatic N) is 2. The number of β-lactam (4-membered cyclic amide) rings is 1. The molecule has 0 radical (unpaired) electrons. The van der Waals surface area contributed by atoms with E-state index in [-0.39, 0.29) is 30.6 Å². The standard InChI is InChI=1S/C23H22N2O6S/c1-14(26)20(23(28)31-12-15-8-10-16(29-2)11-9-15)25-21(27)19-22(25)32-18(24-19)13-30-17-6-4-3-5-7-17/h3-11,19,22,26H,12-13H2,1-2H3. The highest BCUT2D eigenvalue weighted by Crippen LogP contribution is 2.42. The Morgan fingerprint density at radius 2 is 1.81 bits per heavy atom. The number of aliphatic hydroxyl groups is 1. The maximum absolute atomic E-state index is 12.7. The van der Waals surface area contributed by atoms with Crippen LogP contribution in [0.5, 0.6) is 11.5 Å². The Kier molecular flexibility index (Phi) is 6.36. The zero-order valence-corrected chi connectivity index (χ0v) is 18.4. The highest BCUT2D eigenvalue weighted by Gasteiger charge is 2.55. The molecule has 1 fully saturated rings. The third-order valence-corrected chi connectivity index (χ3v) is 6.17. The molecule has 2 aliphatic rings. The van der Waals surface area contributed by atoms with Crippen LogP contribution < -0.4 is 9.47 Å². The first-order chi connectivity index (χ1) is 15.5. The largest absolute Gasteiger partial charge is 0.510 e. The van der Waals surface area contributed by atoms with Crippen molar-refractivity contribution in [3.05, 3.63) is 71.6 Å². The van der Waals surface area contributed by atoms with Crippen molar-refractivity contribution >= 4 is 28.7 Å². The molecule has 0 aromatic heterocycles. The summed E-state index contributed by atoms with van der Waals surface area (Å²) in [6, 6.07) is 15.7. The van der Waals surface area contributed by atoms with Crippen molar-refractivity contribution in [2.45, 2.75) is 24.9 Å². The van der Waals surface area contributed by atoms with Gasteiger partial charge in [-0.3, -0.25) is 14.7 Å². The molecule has 9 heteroatoms. The van der Waals surface area contributed by atoms with Gasteiger partial charge in [-0.05, 0) is 36.8 Å². The number of thioether (sulfide) groups is 1. The molecule has 2 heterocycles. The average Bonchev–Trinajstić information content (AvgIpc) is 3.19. The highest BCUT2D eigenvalue weighted by molar-refractivity contribution is 8.15. The summed E-state index contributed by atoms with van der Waals surface area (Å²) in [7, 11) is 1.57. The fraction of sp³-hybridized carbons (Fsp3) is 0.261. The maximum Gasteiger partial charge on any atom is 0.358 e. The molecule has 0 spiro atoms. The van der Waals surface area contributed by atoms with Gasteiger partial charge in [-0.2, -0.15) is 0 Å². The molecule has 8 nitrogen and oxygen atoms in total. The Morgan fingerprint density at radius 1 is 1.09 bits per heavy atom. The maximum atomic E-state index is 12.7. The SMILES string of the molecule is COc1ccc(COC(=O)C(=C(C)O)N2C(=O)C3N=C(COc4ccccc4)SC32)cc1. The van der Waals surface area contributed by atoms with Crippen LogP contribution in [-0.4, -0.2) is 52.1 Å². The van der Waals surface area contributed by atoms with Crippen molar-refractivity contribution in [2.24, 2.45) is 4.99 Å². The lowest BCUT2D eigenvalue weighted by atomic mass is 10.1. The quantitative estimate of drug-likeness (QED) is 0.283. The third kappa shape index (κ3) is 4.43. The summed E-state index contributed by atoms with van der Waals surface area (Å²) < 4.78 is 16.2. The molecular formula is C23H22N2O6S. The van der Waals surface area contributed by atoms with Crippen LogP contribution in [0.15, 0.2) is 71.0 Å². The predicted octanol–water partition coefficient (Wildman–Crippen LogP) is 3.29. The Labute approximate surface area is 189 Å². The lowest BCUT2D eigenvalue weighted by Crippen LogP contribution is -2.61. The number of hydrogen-bond acceptors (Lipinski definition) is 8. The van der Waals surface area contributed by atoms with Gasteiger partial charge >= 0.3 is 5.97 Å². The number of aliphatic hydroxyl groups excluding tert-OH is 1. The summed E-state index contributed by atoms with van der Waals surface area (Å²) in [5.74, 6) is -0.0307. The van der Waals surface area contributed by atoms with E-state index in [4.69, 9.17) is 14.2 Å². The van der Waals surface area contributed by atoms with Crippen LogP contribution in [-0.2, 0) is 20.9 Å². The van der Waals surface area contributed by atoms with Gasteiger partial charge in [-0.25, -0.2) is 4.79 Å². The Balaban J connectivity index is 1.37. The number of likely N-dealkylation sites (tertiary alicyclic amines) is 1. The van der Waals surface area contributed by atoms with E-state index in [0.29, 0.717) is 16.5 Å². The number of benzene rings is 2. The van der Waals surface area contributed by atoms with Gasteiger partial charge in [-0.1, -0.05) is 42.1 Å². The second-order valence-electron chi connectivity index (χ2n) is 7.14. The average molecular weight is 455 g/mol. The predicted molar refractivity (Wildman–Crippen MR) is 120 cm³/mol. The molecule has 32 heavy (non-hydrogen) atoms. The van der Waals surface area contributed by atoms with E-state index in [1.807, 2.05) is 30.3 Å². The molecular weight excluding hydrogens is 432 g/mol. The zero-order valence-electron chi connectivity index (χ0n) is 17.6. The van der Waals surface area contributed by atoms with Crippen LogP contribution >= 0.6 is 11.8 Å². The number of fused-ring (bicyclic) bond motifs is 1. The fourth-order valence-corrected chi connectivity index (χ4v) is 4.54. The molecule has 2 atom stereocenters. The summed E-state index contributed by atoms with van der Waals surface area (Å²) in [5, 5.41) is 10.4. The minimum absolute atomic E-state index is 0.00442. The molecule has 0 bridgehead atoms. The molecule has 1 amide bonds. The number of allylic oxidation sites excluding steroid dienone is 1. The van der Waals surface area contributed by atoms with E-state index in [0.717, 1.165) is 5.56 Å². The summed E-state index contributed by atoms with van der Waals surface area (Å²) in [5.41, 5.74) is 0.582. The number of aliphatic imine (C=N–C) groups is 1. The van der Waals surface area contributed by atoms with Gasteiger partial charge in [0, 0.05) is 0 Å². The number of carbonyl (C=O) groups excluding carboxylic acids is 2. The number of methoxy groups -OCH3 is 1. The van der Waals surface area contributed by atoms with Crippen molar-refractivity contribution in [1.29, 1.82) is 0 Å². The van der Waals surface area contributed by atoms with E-state index >= 15 is 0 Å². The van der Waals surface area contributed by atoms with Crippen LogP contribution in [0.2, 0.25) is 0 Å². The number of para-hydroxylation sites is 1. The molecule has 2 aromatic carbocycles. The zero-order chi connectivity index (χ0) is 22.7.